The summed E-state index contributed by atoms with van der Waals surface area (Å²) in [5.41, 5.74) is 1.56. The van der Waals surface area contributed by atoms with Crippen molar-refractivity contribution < 1.29 is 14.3 Å². The van der Waals surface area contributed by atoms with E-state index in [-0.39, 0.29) is 12.4 Å². The summed E-state index contributed by atoms with van der Waals surface area (Å²) in [6.45, 7) is 0. The van der Waals surface area contributed by atoms with Crippen LogP contribution in [0.5, 0.6) is 11.6 Å². The molecular formula is C15H14N4O3. The summed E-state index contributed by atoms with van der Waals surface area (Å²) in [7, 11) is 3.18. The molecule has 0 spiro atoms. The molecule has 0 fully saturated rings. The van der Waals surface area contributed by atoms with E-state index in [9.17, 15) is 4.79 Å². The number of fused-ring (bicyclic) bond motifs is 1. The van der Waals surface area contributed by atoms with Crippen molar-refractivity contribution in [3.63, 3.8) is 0 Å². The van der Waals surface area contributed by atoms with Crippen LogP contribution in [-0.4, -0.2) is 32.8 Å². The second kappa shape index (κ2) is 5.80. The molecule has 0 saturated heterocycles. The summed E-state index contributed by atoms with van der Waals surface area (Å²) in [5, 5.41) is 4.88. The number of hydrogen-bond donors (Lipinski definition) is 0. The summed E-state index contributed by atoms with van der Waals surface area (Å²) in [6.07, 6.45) is 3.33. The van der Waals surface area contributed by atoms with Crippen LogP contribution in [0.3, 0.4) is 0 Å². The molecule has 2 aromatic heterocycles. The molecule has 0 N–H and O–H groups in total. The van der Waals surface area contributed by atoms with Crippen molar-refractivity contribution >= 4 is 17.0 Å². The van der Waals surface area contributed by atoms with E-state index >= 15 is 0 Å². The van der Waals surface area contributed by atoms with Crippen LogP contribution in [0, 0.1) is 0 Å². The summed E-state index contributed by atoms with van der Waals surface area (Å²) in [4.78, 5) is 19.5. The van der Waals surface area contributed by atoms with E-state index in [4.69, 9.17) is 4.74 Å². The number of esters is 1. The average molecular weight is 298 g/mol. The van der Waals surface area contributed by atoms with Gasteiger partial charge in [0.25, 0.3) is 0 Å². The number of carbonyl (C=O) groups excluding carboxylic acids is 1. The largest absolute Gasteiger partial charge is 0.469 e. The van der Waals surface area contributed by atoms with Gasteiger partial charge in [-0.05, 0) is 17.7 Å². The van der Waals surface area contributed by atoms with Crippen molar-refractivity contribution in [3.05, 3.63) is 42.4 Å². The summed E-state index contributed by atoms with van der Waals surface area (Å²) in [6, 6.07) is 7.19. The number of nitrogens with zero attached hydrogens (tertiary/aromatic N) is 4. The third-order valence-corrected chi connectivity index (χ3v) is 3.21. The molecular weight excluding hydrogens is 284 g/mol. The van der Waals surface area contributed by atoms with E-state index in [1.807, 2.05) is 12.1 Å². The number of aromatic nitrogens is 4. The summed E-state index contributed by atoms with van der Waals surface area (Å²) < 4.78 is 12.1. The van der Waals surface area contributed by atoms with Crippen LogP contribution in [0.15, 0.2) is 36.8 Å². The topological polar surface area (TPSA) is 79.1 Å². The fourth-order valence-corrected chi connectivity index (χ4v) is 2.05. The van der Waals surface area contributed by atoms with Crippen LogP contribution in [0.25, 0.3) is 11.0 Å². The first-order chi connectivity index (χ1) is 10.7. The van der Waals surface area contributed by atoms with Gasteiger partial charge in [-0.1, -0.05) is 12.1 Å². The molecule has 0 amide bonds. The number of ether oxygens (including phenoxy) is 2. The number of carbonyl (C=O) groups is 1. The molecule has 112 valence electrons. The van der Waals surface area contributed by atoms with Crippen molar-refractivity contribution in [3.8, 4) is 11.6 Å². The van der Waals surface area contributed by atoms with Crippen LogP contribution < -0.4 is 4.74 Å². The molecule has 0 saturated carbocycles. The smallest absolute Gasteiger partial charge is 0.309 e. The van der Waals surface area contributed by atoms with Crippen molar-refractivity contribution in [2.24, 2.45) is 7.05 Å². The lowest BCUT2D eigenvalue weighted by Gasteiger charge is -2.06. The maximum Gasteiger partial charge on any atom is 0.309 e. The molecule has 0 aliphatic rings. The minimum atomic E-state index is -0.276. The van der Waals surface area contributed by atoms with E-state index < -0.39 is 0 Å². The Hall–Kier alpha value is -2.96. The van der Waals surface area contributed by atoms with E-state index in [2.05, 4.69) is 19.8 Å². The Morgan fingerprint density at radius 3 is 2.73 bits per heavy atom. The maximum absolute atomic E-state index is 11.2. The first-order valence-corrected chi connectivity index (χ1v) is 6.63. The Kier molecular flexibility index (Phi) is 3.69. The zero-order valence-corrected chi connectivity index (χ0v) is 12.2. The normalized spacial score (nSPS) is 10.6. The van der Waals surface area contributed by atoms with Crippen LogP contribution in [0.1, 0.15) is 5.56 Å². The number of benzene rings is 1. The van der Waals surface area contributed by atoms with E-state index in [0.29, 0.717) is 17.3 Å². The third-order valence-electron chi connectivity index (χ3n) is 3.21. The molecule has 22 heavy (non-hydrogen) atoms. The molecule has 0 unspecified atom stereocenters. The predicted molar refractivity (Wildman–Crippen MR) is 78.5 cm³/mol. The van der Waals surface area contributed by atoms with Gasteiger partial charge in [0, 0.05) is 7.05 Å². The number of hydrogen-bond acceptors (Lipinski definition) is 6. The summed E-state index contributed by atoms with van der Waals surface area (Å²) >= 11 is 0. The Morgan fingerprint density at radius 1 is 1.23 bits per heavy atom. The van der Waals surface area contributed by atoms with Gasteiger partial charge in [-0.2, -0.15) is 5.10 Å². The maximum atomic E-state index is 11.2. The monoisotopic (exact) mass is 298 g/mol. The highest BCUT2D eigenvalue weighted by molar-refractivity contribution is 5.79. The van der Waals surface area contributed by atoms with Gasteiger partial charge in [-0.25, -0.2) is 9.97 Å². The zero-order valence-electron chi connectivity index (χ0n) is 12.2. The van der Waals surface area contributed by atoms with Crippen molar-refractivity contribution in [2.45, 2.75) is 6.42 Å². The van der Waals surface area contributed by atoms with Crippen LogP contribution in [0.4, 0.5) is 0 Å². The average Bonchev–Trinajstić information content (AvgIpc) is 2.92. The second-order valence-corrected chi connectivity index (χ2v) is 4.68. The Balaban J connectivity index is 1.81. The molecule has 3 aromatic rings. The molecule has 0 aliphatic carbocycles. The highest BCUT2D eigenvalue weighted by Gasteiger charge is 2.10. The third kappa shape index (κ3) is 2.73. The lowest BCUT2D eigenvalue weighted by Crippen LogP contribution is -2.04. The molecule has 0 atom stereocenters. The van der Waals surface area contributed by atoms with Gasteiger partial charge >= 0.3 is 5.97 Å². The number of methoxy groups -OCH3 is 1. The highest BCUT2D eigenvalue weighted by atomic mass is 16.5. The van der Waals surface area contributed by atoms with Gasteiger partial charge in [0.05, 0.1) is 19.7 Å². The fourth-order valence-electron chi connectivity index (χ4n) is 2.05. The standard InChI is InChI=1S/C15H14N4O3/c1-19-14-12(8-18-19)15(17-9-16-14)22-11-5-3-10(4-6-11)7-13(20)21-2/h3-6,8-9H,7H2,1-2H3. The van der Waals surface area contributed by atoms with Gasteiger partial charge in [-0.3, -0.25) is 9.48 Å². The number of rotatable bonds is 4. The molecule has 0 radical (unpaired) electrons. The first-order valence-electron chi connectivity index (χ1n) is 6.63. The molecule has 0 bridgehead atoms. The van der Waals surface area contributed by atoms with Gasteiger partial charge in [-0.15, -0.1) is 0 Å². The second-order valence-electron chi connectivity index (χ2n) is 4.68. The minimum absolute atomic E-state index is 0.233. The quantitative estimate of drug-likeness (QED) is 0.684. The molecule has 7 heteroatoms. The molecule has 2 heterocycles. The molecule has 3 rings (SSSR count). The lowest BCUT2D eigenvalue weighted by molar-refractivity contribution is -0.139. The van der Waals surface area contributed by atoms with Crippen LogP contribution in [-0.2, 0) is 23.0 Å². The van der Waals surface area contributed by atoms with E-state index in [1.165, 1.54) is 13.4 Å². The predicted octanol–water partition coefficient (Wildman–Crippen LogP) is 1.87. The van der Waals surface area contributed by atoms with Gasteiger partial charge in [0.2, 0.25) is 5.88 Å². The Bertz CT molecular complexity index is 811. The minimum Gasteiger partial charge on any atom is -0.469 e. The van der Waals surface area contributed by atoms with E-state index in [1.54, 1.807) is 30.1 Å². The summed E-state index contributed by atoms with van der Waals surface area (Å²) in [5.74, 6) is 0.790. The lowest BCUT2D eigenvalue weighted by atomic mass is 10.1. The van der Waals surface area contributed by atoms with Gasteiger partial charge in [0.1, 0.15) is 17.5 Å². The Labute approximate surface area is 126 Å². The SMILES string of the molecule is COC(=O)Cc1ccc(Oc2ncnc3c2cnn3C)cc1. The fraction of sp³-hybridized carbons (Fsp3) is 0.200. The highest BCUT2D eigenvalue weighted by Crippen LogP contribution is 2.26. The van der Waals surface area contributed by atoms with Gasteiger partial charge < -0.3 is 9.47 Å². The van der Waals surface area contributed by atoms with Crippen molar-refractivity contribution in [1.29, 1.82) is 0 Å². The molecule has 0 aliphatic heterocycles. The van der Waals surface area contributed by atoms with Crippen LogP contribution in [0.2, 0.25) is 0 Å². The van der Waals surface area contributed by atoms with Crippen molar-refractivity contribution in [2.75, 3.05) is 7.11 Å². The van der Waals surface area contributed by atoms with Crippen molar-refractivity contribution in [1.82, 2.24) is 19.7 Å². The Morgan fingerprint density at radius 2 is 2.00 bits per heavy atom. The number of aryl methyl sites for hydroxylation is 1. The molecule has 1 aromatic carbocycles. The first kappa shape index (κ1) is 14.0. The molecule has 7 nitrogen and oxygen atoms in total. The van der Waals surface area contributed by atoms with E-state index in [0.717, 1.165) is 10.9 Å². The van der Waals surface area contributed by atoms with Crippen LogP contribution >= 0.6 is 0 Å². The zero-order chi connectivity index (χ0) is 15.5. The van der Waals surface area contributed by atoms with Gasteiger partial charge in [0.15, 0.2) is 5.65 Å².